The summed E-state index contributed by atoms with van der Waals surface area (Å²) in [5, 5.41) is -1.06. The summed E-state index contributed by atoms with van der Waals surface area (Å²) < 4.78 is 60.0. The summed E-state index contributed by atoms with van der Waals surface area (Å²) in [6.07, 6.45) is 6.03. The monoisotopic (exact) mass is 769 g/mol. The number of esters is 1. The topological polar surface area (TPSA) is 158 Å². The van der Waals surface area contributed by atoms with Crippen LogP contribution in [0.25, 0.3) is 10.8 Å². The first-order chi connectivity index (χ1) is 25.4. The fourth-order valence-corrected chi connectivity index (χ4v) is 9.36. The Morgan fingerprint density at radius 1 is 1.09 bits per heavy atom. The van der Waals surface area contributed by atoms with E-state index in [1.54, 1.807) is 34.1 Å². The van der Waals surface area contributed by atoms with Gasteiger partial charge in [-0.15, -0.1) is 0 Å². The predicted molar refractivity (Wildman–Crippen MR) is 198 cm³/mol. The molecule has 54 heavy (non-hydrogen) atoms. The number of halogens is 1. The number of ketones is 1. The number of pyridine rings is 1. The first-order valence-corrected chi connectivity index (χ1v) is 20.4. The van der Waals surface area contributed by atoms with Crippen LogP contribution in [0.3, 0.4) is 0 Å². The van der Waals surface area contributed by atoms with E-state index >= 15 is 0 Å². The number of benzene rings is 1. The molecule has 2 aliphatic carbocycles. The summed E-state index contributed by atoms with van der Waals surface area (Å²) in [4.78, 5) is 62.4. The molecule has 0 spiro atoms. The lowest BCUT2D eigenvalue weighted by Gasteiger charge is -2.32. The van der Waals surface area contributed by atoms with Gasteiger partial charge in [-0.25, -0.2) is 22.5 Å². The highest BCUT2D eigenvalue weighted by Gasteiger charge is 2.64. The van der Waals surface area contributed by atoms with E-state index < -0.39 is 73.6 Å². The average Bonchev–Trinajstić information content (AvgIpc) is 3.98. The third-order valence-corrected chi connectivity index (χ3v) is 13.2. The number of alkyl halides is 1. The first-order valence-electron chi connectivity index (χ1n) is 18.9. The van der Waals surface area contributed by atoms with Gasteiger partial charge in [0.25, 0.3) is 10.0 Å². The standard InChI is InChI=1S/C40H52FN3O9S/c1-24-11-7-8-12-26-20-39(26,37(48)43-54(49,50)40(41)15-16-40)21-32(45)31-18-27(52-35-29-14-10-9-13-28(29)33(51-6)22-42-35)23-44(31)36(47)30(25(2)17-24)19-34(46)53-38(3,4)5/h8-10,12-14,22,24-27,30-31H,7,11,15-21,23H2,1-6H3,(H,43,48)/b12-8-/t24?,25-,26-,27-,30+,31+,39-/m1/s1. The van der Waals surface area contributed by atoms with Crippen LogP contribution in [0.4, 0.5) is 4.39 Å². The smallest absolute Gasteiger partial charge is 0.307 e. The summed E-state index contributed by atoms with van der Waals surface area (Å²) in [7, 11) is -3.07. The van der Waals surface area contributed by atoms with Gasteiger partial charge in [-0.1, -0.05) is 44.2 Å². The van der Waals surface area contributed by atoms with E-state index in [-0.39, 0.29) is 56.9 Å². The van der Waals surface area contributed by atoms with Gasteiger partial charge in [0.1, 0.15) is 17.5 Å². The van der Waals surface area contributed by atoms with Crippen molar-refractivity contribution in [3.63, 3.8) is 0 Å². The second kappa shape index (κ2) is 14.9. The van der Waals surface area contributed by atoms with E-state index in [0.29, 0.717) is 29.9 Å². The van der Waals surface area contributed by atoms with Crippen LogP contribution in [-0.4, -0.2) is 78.3 Å². The second-order valence-corrected chi connectivity index (χ2v) is 18.8. The van der Waals surface area contributed by atoms with Crippen molar-refractivity contribution in [1.29, 1.82) is 0 Å². The molecule has 1 saturated heterocycles. The van der Waals surface area contributed by atoms with Crippen molar-refractivity contribution in [3.8, 4) is 11.6 Å². The lowest BCUT2D eigenvalue weighted by atomic mass is 9.82. The number of methoxy groups -OCH3 is 1. The van der Waals surface area contributed by atoms with Gasteiger partial charge in [0.05, 0.1) is 43.6 Å². The number of carbonyl (C=O) groups excluding carboxylic acids is 4. The van der Waals surface area contributed by atoms with E-state index in [2.05, 4.69) is 11.9 Å². The van der Waals surface area contributed by atoms with Crippen molar-refractivity contribution in [3.05, 3.63) is 42.6 Å². The van der Waals surface area contributed by atoms with Crippen molar-refractivity contribution in [2.24, 2.45) is 29.1 Å². The van der Waals surface area contributed by atoms with E-state index in [1.807, 2.05) is 48.1 Å². The highest BCUT2D eigenvalue weighted by molar-refractivity contribution is 7.91. The minimum absolute atomic E-state index is 0.00560. The van der Waals surface area contributed by atoms with Gasteiger partial charge in [-0.2, -0.15) is 0 Å². The number of hydrogen-bond donors (Lipinski definition) is 1. The summed E-state index contributed by atoms with van der Waals surface area (Å²) in [5.41, 5.74) is -2.20. The summed E-state index contributed by atoms with van der Waals surface area (Å²) in [5.74, 6) is -2.78. The molecule has 4 aliphatic rings. The maximum absolute atomic E-state index is 14.8. The second-order valence-electron chi connectivity index (χ2n) is 16.8. The zero-order chi connectivity index (χ0) is 39.2. The molecule has 14 heteroatoms. The summed E-state index contributed by atoms with van der Waals surface area (Å²) in [6, 6.07) is 6.36. The zero-order valence-corrected chi connectivity index (χ0v) is 32.7. The summed E-state index contributed by atoms with van der Waals surface area (Å²) in [6.45, 7) is 9.31. The number of amides is 2. The SMILES string of the molecule is COc1cnc(O[C@@H]2C[C@H]3C(=O)C[C@]4(C(=O)NS(=O)(=O)C5(F)CC5)C[C@H]4/C=C\CCC(C)C[C@@H](C)[C@H](CC(=O)OC(C)(C)C)C(=O)N3C2)c2ccccc12. The van der Waals surface area contributed by atoms with Crippen molar-refractivity contribution < 1.29 is 46.2 Å². The number of allylic oxidation sites excluding steroid dienone is 2. The Kier molecular flexibility index (Phi) is 10.9. The minimum Gasteiger partial charge on any atom is -0.494 e. The Balaban J connectivity index is 1.35. The largest absolute Gasteiger partial charge is 0.494 e. The van der Waals surface area contributed by atoms with Gasteiger partial charge >= 0.3 is 5.97 Å². The molecular formula is C40H52FN3O9S. The average molecular weight is 770 g/mol. The summed E-state index contributed by atoms with van der Waals surface area (Å²) >= 11 is 0. The van der Waals surface area contributed by atoms with Gasteiger partial charge in [0, 0.05) is 36.5 Å². The molecule has 2 saturated carbocycles. The molecule has 2 aromatic rings. The lowest BCUT2D eigenvalue weighted by Crippen LogP contribution is -2.48. The molecule has 2 amide bonds. The van der Waals surface area contributed by atoms with Crippen LogP contribution in [0.15, 0.2) is 42.6 Å². The predicted octanol–water partition coefficient (Wildman–Crippen LogP) is 5.82. The van der Waals surface area contributed by atoms with Crippen molar-refractivity contribution in [2.45, 2.75) is 115 Å². The Hall–Kier alpha value is -4.07. The number of sulfonamides is 1. The quantitative estimate of drug-likeness (QED) is 0.256. The third kappa shape index (κ3) is 8.28. The van der Waals surface area contributed by atoms with Crippen LogP contribution in [0.1, 0.15) is 92.4 Å². The molecule has 6 rings (SSSR count). The molecule has 7 atom stereocenters. The fourth-order valence-electron chi connectivity index (χ4n) is 8.09. The Labute approximate surface area is 316 Å². The van der Waals surface area contributed by atoms with Crippen LogP contribution in [0.5, 0.6) is 11.6 Å². The Morgan fingerprint density at radius 2 is 1.80 bits per heavy atom. The van der Waals surface area contributed by atoms with Gasteiger partial charge in [-0.3, -0.25) is 19.2 Å². The van der Waals surface area contributed by atoms with Crippen LogP contribution in [0, 0.1) is 29.1 Å². The number of Topliss-reactive ketones (excluding diaryl/α,β-unsaturated/α-hetero) is 1. The minimum atomic E-state index is -4.61. The van der Waals surface area contributed by atoms with Crippen LogP contribution in [0.2, 0.25) is 0 Å². The number of hydrogen-bond acceptors (Lipinski definition) is 10. The van der Waals surface area contributed by atoms with E-state index in [4.69, 9.17) is 14.2 Å². The molecule has 1 N–H and O–H groups in total. The number of ether oxygens (including phenoxy) is 3. The maximum atomic E-state index is 14.8. The molecule has 1 unspecified atom stereocenters. The molecule has 294 valence electrons. The molecule has 12 nitrogen and oxygen atoms in total. The highest BCUT2D eigenvalue weighted by atomic mass is 32.2. The number of carbonyl (C=O) groups is 4. The molecule has 3 heterocycles. The van der Waals surface area contributed by atoms with Crippen molar-refractivity contribution >= 4 is 44.4 Å². The Bertz CT molecular complexity index is 1940. The molecule has 1 aromatic carbocycles. The van der Waals surface area contributed by atoms with Crippen LogP contribution < -0.4 is 14.2 Å². The fraction of sp³-hybridized carbons (Fsp3) is 0.625. The number of nitrogens with one attached hydrogen (secondary N) is 1. The number of fused-ring (bicyclic) bond motifs is 3. The first kappa shape index (κ1) is 39.6. The maximum Gasteiger partial charge on any atom is 0.307 e. The van der Waals surface area contributed by atoms with Gasteiger partial charge < -0.3 is 19.1 Å². The van der Waals surface area contributed by atoms with Crippen molar-refractivity contribution in [1.82, 2.24) is 14.6 Å². The third-order valence-electron chi connectivity index (χ3n) is 11.3. The molecule has 2 aliphatic heterocycles. The van der Waals surface area contributed by atoms with Crippen LogP contribution >= 0.6 is 0 Å². The normalized spacial score (nSPS) is 30.6. The van der Waals surface area contributed by atoms with E-state index in [9.17, 15) is 32.0 Å². The lowest BCUT2D eigenvalue weighted by molar-refractivity contribution is -0.160. The van der Waals surface area contributed by atoms with Crippen LogP contribution in [-0.2, 0) is 33.9 Å². The van der Waals surface area contributed by atoms with E-state index in [1.165, 1.54) is 4.90 Å². The molecule has 0 radical (unpaired) electrons. The molecule has 3 fully saturated rings. The molecule has 0 bridgehead atoms. The molecule has 1 aromatic heterocycles. The molecular weight excluding hydrogens is 718 g/mol. The highest BCUT2D eigenvalue weighted by Crippen LogP contribution is 2.58. The number of nitrogens with zero attached hydrogens (tertiary/aromatic N) is 2. The van der Waals surface area contributed by atoms with Crippen molar-refractivity contribution in [2.75, 3.05) is 13.7 Å². The Morgan fingerprint density at radius 3 is 2.46 bits per heavy atom. The van der Waals surface area contributed by atoms with E-state index in [0.717, 1.165) is 11.8 Å². The number of rotatable bonds is 8. The van der Waals surface area contributed by atoms with Gasteiger partial charge in [0.2, 0.25) is 22.7 Å². The van der Waals surface area contributed by atoms with Gasteiger partial charge in [-0.05, 0) is 70.3 Å². The zero-order valence-electron chi connectivity index (χ0n) is 31.9. The van der Waals surface area contributed by atoms with Gasteiger partial charge in [0.15, 0.2) is 5.78 Å². The number of aromatic nitrogens is 1.